The Labute approximate surface area is 450 Å². The van der Waals surface area contributed by atoms with E-state index >= 15 is 0 Å². The fourth-order valence-electron chi connectivity index (χ4n) is 12.8. The molecular weight excluding hydrogens is 1040 g/mol. The van der Waals surface area contributed by atoms with E-state index in [1.165, 1.54) is 12.8 Å². The Morgan fingerprint density at radius 2 is 1.28 bits per heavy atom. The van der Waals surface area contributed by atoms with E-state index in [4.69, 9.17) is 18.8 Å². The summed E-state index contributed by atoms with van der Waals surface area (Å²) in [7, 11) is -4.22. The highest BCUT2D eigenvalue weighted by molar-refractivity contribution is 7.87. The van der Waals surface area contributed by atoms with E-state index < -0.39 is 57.3 Å². The van der Waals surface area contributed by atoms with Crippen molar-refractivity contribution >= 4 is 44.9 Å². The third-order valence-corrected chi connectivity index (χ3v) is 17.9. The highest BCUT2D eigenvalue weighted by Crippen LogP contribution is 2.69. The Hall–Kier alpha value is -5.82. The number of likely N-dealkylation sites (tertiary alicyclic amines) is 1. The van der Waals surface area contributed by atoms with E-state index in [-0.39, 0.29) is 36.3 Å². The molecule has 19 nitrogen and oxygen atoms in total. The smallest absolute Gasteiger partial charge is 0.480 e. The van der Waals surface area contributed by atoms with Gasteiger partial charge in [-0.25, -0.2) is 4.79 Å². The molecule has 424 valence electrons. The van der Waals surface area contributed by atoms with Gasteiger partial charge >= 0.3 is 40.2 Å². The average molecular weight is 1110 g/mol. The van der Waals surface area contributed by atoms with Crippen molar-refractivity contribution in [2.75, 3.05) is 91.6 Å². The Morgan fingerprint density at radius 1 is 0.731 bits per heavy atom. The van der Waals surface area contributed by atoms with Gasteiger partial charge in [0.15, 0.2) is 17.6 Å². The van der Waals surface area contributed by atoms with Crippen LogP contribution in [0.25, 0.3) is 10.9 Å². The third kappa shape index (κ3) is 12.0. The van der Waals surface area contributed by atoms with E-state index in [0.29, 0.717) is 89.8 Å². The quantitative estimate of drug-likeness (QED) is 0.0644. The van der Waals surface area contributed by atoms with Gasteiger partial charge in [0, 0.05) is 94.4 Å². The first-order chi connectivity index (χ1) is 37.1. The number of aromatic nitrogens is 1. The molecule has 10 rings (SSSR count). The van der Waals surface area contributed by atoms with Gasteiger partial charge in [-0.05, 0) is 99.8 Å². The number of nitrogens with zero attached hydrogens (tertiary/aromatic N) is 6. The first-order valence-corrected chi connectivity index (χ1v) is 28.2. The molecule has 3 aliphatic carbocycles. The molecule has 5 N–H and O–H groups in total. The molecule has 4 heterocycles. The van der Waals surface area contributed by atoms with Crippen LogP contribution in [0.3, 0.4) is 0 Å². The van der Waals surface area contributed by atoms with Crippen molar-refractivity contribution in [2.45, 2.75) is 105 Å². The van der Waals surface area contributed by atoms with Crippen molar-refractivity contribution in [3.63, 3.8) is 0 Å². The zero-order chi connectivity index (χ0) is 55.7. The fourth-order valence-corrected chi connectivity index (χ4v) is 13.7. The Morgan fingerprint density at radius 3 is 1.83 bits per heavy atom. The van der Waals surface area contributed by atoms with Gasteiger partial charge in [0.2, 0.25) is 0 Å². The third-order valence-electron chi connectivity index (χ3n) is 16.7. The second-order valence-electron chi connectivity index (χ2n) is 21.9. The molecule has 3 aromatic carbocycles. The number of hydrogen-bond acceptors (Lipinski definition) is 14. The van der Waals surface area contributed by atoms with Gasteiger partial charge in [-0.15, -0.1) is 0 Å². The zero-order valence-corrected chi connectivity index (χ0v) is 44.5. The van der Waals surface area contributed by atoms with E-state index in [9.17, 15) is 56.4 Å². The number of hydrogen-bond donors (Lipinski definition) is 5. The Bertz CT molecular complexity index is 2960. The summed E-state index contributed by atoms with van der Waals surface area (Å²) in [5.41, 5.74) is 4.12. The molecule has 78 heavy (non-hydrogen) atoms. The van der Waals surface area contributed by atoms with Crippen LogP contribution in [0.15, 0.2) is 65.6 Å². The normalized spacial score (nSPS) is 24.2. The molecule has 1 saturated carbocycles. The van der Waals surface area contributed by atoms with Crippen LogP contribution in [0, 0.1) is 12.8 Å². The molecule has 2 saturated heterocycles. The number of carbonyl (C=O) groups is 4. The molecule has 4 aromatic rings. The molecule has 23 heteroatoms. The molecule has 3 fully saturated rings. The van der Waals surface area contributed by atoms with Crippen molar-refractivity contribution in [3.8, 4) is 11.5 Å². The molecule has 2 bridgehead atoms. The largest absolute Gasteiger partial charge is 0.490 e. The number of unbranched alkanes of at least 4 members (excludes halogenated alkanes) is 3. The van der Waals surface area contributed by atoms with E-state index in [1.54, 1.807) is 35.2 Å². The zero-order valence-electron chi connectivity index (χ0n) is 43.7. The van der Waals surface area contributed by atoms with Crippen LogP contribution in [-0.2, 0) is 54.1 Å². The van der Waals surface area contributed by atoms with Crippen LogP contribution < -0.4 is 8.92 Å². The highest BCUT2D eigenvalue weighted by Gasteiger charge is 2.73. The van der Waals surface area contributed by atoms with Crippen LogP contribution in [0.1, 0.15) is 79.0 Å². The van der Waals surface area contributed by atoms with Gasteiger partial charge in [0.05, 0.1) is 36.3 Å². The standard InChI is InChI=1S/C53H68N6O11S.C2HF3O2/c1-36-10-15-39(16-11-36)71(67,68)70-43-17-14-38-30-44-53(66)31-41-40-8-4-5-9-42(40)59(49(41)51-52(53,48(38)50(43)69-51)18-21-58(44)32-37-12-13-37)20-7-3-2-6-19-54-22-24-55(33-45(60)61)26-28-57(35-47(64)65)29-27-56(25-23-54)34-46(62)63;3-2(4,5)1(6)7/h4-5,8-11,14-17,37,44,51,66H,2-3,6-7,12-13,18-35H2,1H3,(H,60,61)(H,62,63)(H,64,65);(H,6,7)/t44-,51-,52-,53+;/m0./s1. The lowest BCUT2D eigenvalue weighted by molar-refractivity contribution is -0.192. The lowest BCUT2D eigenvalue weighted by Crippen LogP contribution is -2.74. The second-order valence-corrected chi connectivity index (χ2v) is 23.4. The topological polar surface area (TPSA) is 243 Å². The van der Waals surface area contributed by atoms with E-state index in [2.05, 4.69) is 38.6 Å². The summed E-state index contributed by atoms with van der Waals surface area (Å²) >= 11 is 0. The first kappa shape index (κ1) is 56.9. The molecule has 0 unspecified atom stereocenters. The summed E-state index contributed by atoms with van der Waals surface area (Å²) in [6.07, 6.45) is 2.15. The maximum absolute atomic E-state index is 13.9. The van der Waals surface area contributed by atoms with Crippen molar-refractivity contribution in [1.29, 1.82) is 0 Å². The number of halogens is 3. The number of aliphatic carboxylic acids is 4. The van der Waals surface area contributed by atoms with Gasteiger partial charge in [0.25, 0.3) is 0 Å². The number of aliphatic hydroxyl groups is 1. The van der Waals surface area contributed by atoms with E-state index in [1.807, 2.05) is 22.8 Å². The lowest BCUT2D eigenvalue weighted by atomic mass is 9.49. The summed E-state index contributed by atoms with van der Waals surface area (Å²) in [6, 6.07) is 18.6. The Kier molecular flexibility index (Phi) is 16.9. The highest BCUT2D eigenvalue weighted by atomic mass is 32.2. The average Bonchev–Trinajstić information content (AvgIpc) is 3.63. The summed E-state index contributed by atoms with van der Waals surface area (Å²) in [5, 5.41) is 50.8. The molecule has 0 radical (unpaired) electrons. The fraction of sp³-hybridized carbons (Fsp3) is 0.564. The minimum atomic E-state index is -5.08. The maximum atomic E-state index is 13.9. The van der Waals surface area contributed by atoms with Crippen molar-refractivity contribution in [3.05, 3.63) is 88.6 Å². The van der Waals surface area contributed by atoms with Crippen molar-refractivity contribution in [1.82, 2.24) is 29.1 Å². The summed E-state index contributed by atoms with van der Waals surface area (Å²) < 4.78 is 75.2. The minimum Gasteiger partial charge on any atom is -0.480 e. The van der Waals surface area contributed by atoms with Crippen LogP contribution in [0.4, 0.5) is 13.2 Å². The second kappa shape index (κ2) is 23.1. The number of piperidine rings is 1. The summed E-state index contributed by atoms with van der Waals surface area (Å²) in [6.45, 7) is 8.28. The SMILES string of the molecule is Cc1ccc(S(=O)(=O)Oc2ccc3c4c2O[C@H]2c5c(c6ccccc6n5CCCCCCN5CCN(CC(=O)O)CCN(CC(=O)O)CCN(CC(=O)O)CC5)C[C@@]5(O)[C@H](C3)N(CC3CC3)CC[C@]425)cc1.O=C(O)C(F)(F)F. The molecule has 6 aliphatic rings. The number of fused-ring (bicyclic) bond motifs is 4. The number of rotatable bonds is 18. The van der Waals surface area contributed by atoms with Crippen LogP contribution in [0.2, 0.25) is 0 Å². The van der Waals surface area contributed by atoms with E-state index in [0.717, 1.165) is 84.2 Å². The number of benzene rings is 3. The number of ether oxygens (including phenoxy) is 1. The van der Waals surface area contributed by atoms with Gasteiger partial charge < -0.3 is 43.9 Å². The summed E-state index contributed by atoms with van der Waals surface area (Å²) in [5.74, 6) is -4.43. The molecule has 3 aliphatic heterocycles. The Balaban J connectivity index is 0.000000990. The molecule has 1 spiro atoms. The van der Waals surface area contributed by atoms with Crippen LogP contribution in [0.5, 0.6) is 11.5 Å². The van der Waals surface area contributed by atoms with Gasteiger partial charge in [-0.1, -0.05) is 54.8 Å². The number of aryl methyl sites for hydroxylation is 2. The monoisotopic (exact) mass is 1110 g/mol. The predicted molar refractivity (Wildman–Crippen MR) is 278 cm³/mol. The van der Waals surface area contributed by atoms with Crippen molar-refractivity contribution < 1.29 is 75.2 Å². The lowest BCUT2D eigenvalue weighted by Gasteiger charge is -2.63. The number of para-hydroxylation sites is 1. The minimum absolute atomic E-state index is 0.0600. The summed E-state index contributed by atoms with van der Waals surface area (Å²) in [4.78, 5) is 54.5. The predicted octanol–water partition coefficient (Wildman–Crippen LogP) is 5.09. The van der Waals surface area contributed by atoms with Crippen LogP contribution >= 0.6 is 0 Å². The maximum Gasteiger partial charge on any atom is 0.490 e. The van der Waals surface area contributed by atoms with Crippen LogP contribution in [-0.4, -0.2) is 196 Å². The first-order valence-electron chi connectivity index (χ1n) is 26.8. The molecule has 0 amide bonds. The number of carboxylic acids is 4. The molecular formula is C55H69F3N6O13S. The van der Waals surface area contributed by atoms with Gasteiger partial charge in [0.1, 0.15) is 4.90 Å². The number of alkyl halides is 3. The molecule has 1 aromatic heterocycles. The van der Waals surface area contributed by atoms with Gasteiger partial charge in [-0.3, -0.25) is 34.0 Å². The van der Waals surface area contributed by atoms with Gasteiger partial charge in [-0.2, -0.15) is 21.6 Å². The number of carboxylic acid groups (broad SMARTS) is 4. The molecule has 4 atom stereocenters. The van der Waals surface area contributed by atoms with Crippen molar-refractivity contribution in [2.24, 2.45) is 5.92 Å².